The van der Waals surface area contributed by atoms with Gasteiger partial charge in [0.05, 0.1) is 6.21 Å². The summed E-state index contributed by atoms with van der Waals surface area (Å²) in [4.78, 5) is 12.3. The van der Waals surface area contributed by atoms with E-state index in [-0.39, 0.29) is 17.3 Å². The van der Waals surface area contributed by atoms with Crippen molar-refractivity contribution in [3.8, 4) is 5.75 Å². The summed E-state index contributed by atoms with van der Waals surface area (Å²) in [5.41, 5.74) is 3.08. The molecular formula is C18H22BrN3O2. The molecule has 1 aromatic rings. The fraction of sp³-hybridized carbons (Fsp3) is 0.556. The third kappa shape index (κ3) is 3.16. The van der Waals surface area contributed by atoms with Crippen molar-refractivity contribution >= 4 is 28.2 Å². The number of benzene rings is 1. The van der Waals surface area contributed by atoms with Crippen molar-refractivity contribution in [3.05, 3.63) is 28.2 Å². The molecule has 1 aromatic carbocycles. The van der Waals surface area contributed by atoms with Crippen molar-refractivity contribution in [1.29, 1.82) is 0 Å². The van der Waals surface area contributed by atoms with Crippen LogP contribution in [0.4, 0.5) is 4.79 Å². The van der Waals surface area contributed by atoms with E-state index in [0.29, 0.717) is 5.56 Å². The first-order chi connectivity index (χ1) is 11.5. The molecule has 24 heavy (non-hydrogen) atoms. The predicted molar refractivity (Wildman–Crippen MR) is 96.0 cm³/mol. The van der Waals surface area contributed by atoms with E-state index >= 15 is 0 Å². The van der Waals surface area contributed by atoms with E-state index < -0.39 is 0 Å². The zero-order valence-electron chi connectivity index (χ0n) is 13.5. The smallest absolute Gasteiger partial charge is 0.335 e. The van der Waals surface area contributed by atoms with E-state index in [0.717, 1.165) is 41.5 Å². The van der Waals surface area contributed by atoms with Crippen molar-refractivity contribution < 1.29 is 9.90 Å². The molecule has 0 atom stereocenters. The second-order valence-electron chi connectivity index (χ2n) is 7.73. The minimum atomic E-state index is -0.248. The Morgan fingerprint density at radius 2 is 1.83 bits per heavy atom. The highest BCUT2D eigenvalue weighted by atomic mass is 79.9. The summed E-state index contributed by atoms with van der Waals surface area (Å²) in [7, 11) is 0. The standard InChI is InChI=1S/C18H22BrN3O2/c19-15-1-2-16(23)14(6-15)10-20-22-17(24)21-18-7-11-3-12(8-18)5-13(4-11)9-18/h1-2,6,10-13,23H,3-5,7-9H2,(H2,21,22,24)/b20-10+. The number of amides is 2. The quantitative estimate of drug-likeness (QED) is 0.541. The van der Waals surface area contributed by atoms with Crippen LogP contribution in [0.3, 0.4) is 0 Å². The van der Waals surface area contributed by atoms with Gasteiger partial charge in [-0.25, -0.2) is 10.2 Å². The third-order valence-corrected chi connectivity index (χ3v) is 6.27. The molecule has 0 radical (unpaired) electrons. The summed E-state index contributed by atoms with van der Waals surface area (Å²) in [6.45, 7) is 0. The van der Waals surface area contributed by atoms with Crippen LogP contribution in [-0.2, 0) is 0 Å². The summed E-state index contributed by atoms with van der Waals surface area (Å²) >= 11 is 3.35. The Morgan fingerprint density at radius 3 is 2.46 bits per heavy atom. The Hall–Kier alpha value is -1.56. The SMILES string of the molecule is O=C(N/N=C/c1cc(Br)ccc1O)NC12CC3CC(CC(C3)C1)C2. The number of phenolic OH excluding ortho intramolecular Hbond substituents is 1. The summed E-state index contributed by atoms with van der Waals surface area (Å²) in [6.07, 6.45) is 8.85. The normalized spacial score (nSPS) is 33.8. The number of aromatic hydroxyl groups is 1. The van der Waals surface area contributed by atoms with Gasteiger partial charge in [-0.1, -0.05) is 15.9 Å². The van der Waals surface area contributed by atoms with Crippen LogP contribution in [0.15, 0.2) is 27.8 Å². The van der Waals surface area contributed by atoms with Gasteiger partial charge in [-0.05, 0) is 74.5 Å². The molecule has 4 saturated carbocycles. The molecular weight excluding hydrogens is 370 g/mol. The Labute approximate surface area is 150 Å². The topological polar surface area (TPSA) is 73.7 Å². The molecule has 0 aliphatic heterocycles. The maximum Gasteiger partial charge on any atom is 0.335 e. The number of rotatable bonds is 3. The van der Waals surface area contributed by atoms with Gasteiger partial charge in [-0.3, -0.25) is 0 Å². The fourth-order valence-electron chi connectivity index (χ4n) is 5.32. The zero-order chi connectivity index (χ0) is 16.7. The molecule has 4 bridgehead atoms. The number of hydrazone groups is 1. The van der Waals surface area contributed by atoms with Gasteiger partial charge in [0.2, 0.25) is 0 Å². The third-order valence-electron chi connectivity index (χ3n) is 5.78. The van der Waals surface area contributed by atoms with Gasteiger partial charge in [-0.15, -0.1) is 0 Å². The lowest BCUT2D eigenvalue weighted by Crippen LogP contribution is -2.61. The average Bonchev–Trinajstić information content (AvgIpc) is 2.48. The van der Waals surface area contributed by atoms with Gasteiger partial charge in [0.1, 0.15) is 5.75 Å². The number of nitrogens with one attached hydrogen (secondary N) is 2. The van der Waals surface area contributed by atoms with Gasteiger partial charge in [0.15, 0.2) is 0 Å². The Balaban J connectivity index is 1.37. The Kier molecular flexibility index (Phi) is 4.03. The predicted octanol–water partition coefficient (Wildman–Crippen LogP) is 3.76. The van der Waals surface area contributed by atoms with Crippen molar-refractivity contribution in [2.75, 3.05) is 0 Å². The number of urea groups is 1. The maximum atomic E-state index is 12.3. The molecule has 2 amide bonds. The van der Waals surface area contributed by atoms with Gasteiger partial charge >= 0.3 is 6.03 Å². The molecule has 6 heteroatoms. The average molecular weight is 392 g/mol. The second kappa shape index (κ2) is 6.06. The fourth-order valence-corrected chi connectivity index (χ4v) is 5.70. The summed E-state index contributed by atoms with van der Waals surface area (Å²) < 4.78 is 0.847. The lowest BCUT2D eigenvalue weighted by Gasteiger charge is -2.56. The number of nitrogens with zero attached hydrogens (tertiary/aromatic N) is 1. The molecule has 0 unspecified atom stereocenters. The van der Waals surface area contributed by atoms with Crippen LogP contribution in [0, 0.1) is 17.8 Å². The van der Waals surface area contributed by atoms with Crippen LogP contribution >= 0.6 is 15.9 Å². The van der Waals surface area contributed by atoms with Gasteiger partial charge in [-0.2, -0.15) is 5.10 Å². The number of hydrogen-bond donors (Lipinski definition) is 3. The molecule has 3 N–H and O–H groups in total. The van der Waals surface area contributed by atoms with Crippen LogP contribution in [0.1, 0.15) is 44.1 Å². The highest BCUT2D eigenvalue weighted by molar-refractivity contribution is 9.10. The van der Waals surface area contributed by atoms with E-state index in [9.17, 15) is 9.90 Å². The van der Waals surface area contributed by atoms with E-state index in [4.69, 9.17) is 0 Å². The largest absolute Gasteiger partial charge is 0.507 e. The number of carbonyl (C=O) groups excluding carboxylic acids is 1. The zero-order valence-corrected chi connectivity index (χ0v) is 15.1. The monoisotopic (exact) mass is 391 g/mol. The van der Waals surface area contributed by atoms with Crippen molar-refractivity contribution in [2.45, 2.75) is 44.1 Å². The number of phenols is 1. The first-order valence-electron chi connectivity index (χ1n) is 8.61. The van der Waals surface area contributed by atoms with Gasteiger partial charge < -0.3 is 10.4 Å². The van der Waals surface area contributed by atoms with Crippen molar-refractivity contribution in [2.24, 2.45) is 22.9 Å². The lowest BCUT2D eigenvalue weighted by atomic mass is 9.53. The number of hydrogen-bond acceptors (Lipinski definition) is 3. The first kappa shape index (κ1) is 15.9. The molecule has 128 valence electrons. The Bertz CT molecular complexity index is 654. The summed E-state index contributed by atoms with van der Waals surface area (Å²) in [6, 6.07) is 4.83. The van der Waals surface area contributed by atoms with Crippen LogP contribution in [0.25, 0.3) is 0 Å². The van der Waals surface area contributed by atoms with Gasteiger partial charge in [0.25, 0.3) is 0 Å². The molecule has 4 aliphatic carbocycles. The van der Waals surface area contributed by atoms with E-state index in [1.54, 1.807) is 18.2 Å². The van der Waals surface area contributed by atoms with Crippen molar-refractivity contribution in [1.82, 2.24) is 10.7 Å². The van der Waals surface area contributed by atoms with E-state index in [1.165, 1.54) is 25.5 Å². The van der Waals surface area contributed by atoms with Crippen LogP contribution in [-0.4, -0.2) is 22.9 Å². The van der Waals surface area contributed by atoms with Crippen LogP contribution < -0.4 is 10.7 Å². The molecule has 0 heterocycles. The Morgan fingerprint density at radius 1 is 1.21 bits per heavy atom. The number of carbonyl (C=O) groups is 1. The summed E-state index contributed by atoms with van der Waals surface area (Å²) in [5, 5.41) is 16.9. The van der Waals surface area contributed by atoms with E-state index in [2.05, 4.69) is 31.8 Å². The molecule has 0 saturated heterocycles. The molecule has 5 nitrogen and oxygen atoms in total. The second-order valence-corrected chi connectivity index (χ2v) is 8.64. The van der Waals surface area contributed by atoms with Gasteiger partial charge in [0, 0.05) is 15.6 Å². The lowest BCUT2D eigenvalue weighted by molar-refractivity contribution is -0.0135. The minimum Gasteiger partial charge on any atom is -0.507 e. The van der Waals surface area contributed by atoms with E-state index in [1.807, 2.05) is 0 Å². The highest BCUT2D eigenvalue weighted by Gasteiger charge is 2.51. The van der Waals surface area contributed by atoms with Crippen LogP contribution in [0.2, 0.25) is 0 Å². The number of halogens is 1. The van der Waals surface area contributed by atoms with Crippen molar-refractivity contribution in [3.63, 3.8) is 0 Å². The first-order valence-corrected chi connectivity index (χ1v) is 9.40. The summed E-state index contributed by atoms with van der Waals surface area (Å²) in [5.74, 6) is 2.50. The molecule has 4 aliphatic rings. The van der Waals surface area contributed by atoms with Crippen LogP contribution in [0.5, 0.6) is 5.75 Å². The molecule has 5 rings (SSSR count). The molecule has 0 aromatic heterocycles. The molecule has 0 spiro atoms. The minimum absolute atomic E-state index is 0.0216. The maximum absolute atomic E-state index is 12.3. The highest BCUT2D eigenvalue weighted by Crippen LogP contribution is 2.55. The molecule has 4 fully saturated rings.